The highest BCUT2D eigenvalue weighted by Gasteiger charge is 2.53. The predicted octanol–water partition coefficient (Wildman–Crippen LogP) is 6.30. The number of hydrogen-bond acceptors (Lipinski definition) is 5. The van der Waals surface area contributed by atoms with Gasteiger partial charge in [0.15, 0.2) is 11.6 Å². The van der Waals surface area contributed by atoms with Crippen LogP contribution in [0.4, 0.5) is 14.9 Å². The van der Waals surface area contributed by atoms with E-state index in [2.05, 4.69) is 0 Å². The van der Waals surface area contributed by atoms with Crippen molar-refractivity contribution in [2.75, 3.05) is 17.8 Å². The maximum absolute atomic E-state index is 14.0. The van der Waals surface area contributed by atoms with E-state index in [-0.39, 0.29) is 28.7 Å². The van der Waals surface area contributed by atoms with Crippen molar-refractivity contribution in [3.8, 4) is 11.5 Å². The Labute approximate surface area is 215 Å². The normalized spacial score (nSPS) is 19.3. The molecule has 3 aromatic rings. The number of para-hydroxylation sites is 1. The first-order chi connectivity index (χ1) is 16.9. The van der Waals surface area contributed by atoms with Crippen molar-refractivity contribution < 1.29 is 23.5 Å². The number of carbonyl (C=O) groups excluding carboxylic acids is 2. The molecule has 2 aliphatic rings. The van der Waals surface area contributed by atoms with Crippen LogP contribution in [-0.4, -0.2) is 35.7 Å². The molecule has 2 aliphatic heterocycles. The summed E-state index contributed by atoms with van der Waals surface area (Å²) >= 11 is 13.6. The highest BCUT2D eigenvalue weighted by Crippen LogP contribution is 2.47. The van der Waals surface area contributed by atoms with E-state index in [0.717, 1.165) is 10.5 Å². The molecule has 2 saturated heterocycles. The zero-order valence-electron chi connectivity index (χ0n) is 18.4. The van der Waals surface area contributed by atoms with Crippen LogP contribution in [0.3, 0.4) is 0 Å². The lowest BCUT2D eigenvalue weighted by atomic mass is 10.1. The number of halogens is 3. The summed E-state index contributed by atoms with van der Waals surface area (Å²) in [5.74, 6) is 0.402. The Hall–Kier alpha value is -2.94. The second-order valence-electron chi connectivity index (χ2n) is 7.95. The number of ether oxygens (including phenoxy) is 2. The van der Waals surface area contributed by atoms with E-state index >= 15 is 0 Å². The summed E-state index contributed by atoms with van der Waals surface area (Å²) in [7, 11) is 1.54. The number of urea groups is 1. The van der Waals surface area contributed by atoms with Gasteiger partial charge in [-0.3, -0.25) is 9.69 Å². The molecule has 3 amide bonds. The number of anilines is 1. The molecule has 3 aromatic carbocycles. The molecule has 0 aromatic heterocycles. The fourth-order valence-electron chi connectivity index (χ4n) is 4.19. The second-order valence-corrected chi connectivity index (χ2v) is 9.88. The van der Waals surface area contributed by atoms with Gasteiger partial charge >= 0.3 is 6.03 Å². The summed E-state index contributed by atoms with van der Waals surface area (Å²) in [4.78, 5) is 29.2. The van der Waals surface area contributed by atoms with Crippen molar-refractivity contribution in [3.63, 3.8) is 0 Å². The molecular formula is C25H19Cl2FN2O4S. The van der Waals surface area contributed by atoms with Crippen molar-refractivity contribution in [1.82, 2.24) is 4.90 Å². The number of thioether (sulfide) groups is 1. The molecule has 0 N–H and O–H groups in total. The highest BCUT2D eigenvalue weighted by atomic mass is 35.5. The van der Waals surface area contributed by atoms with Crippen LogP contribution in [0.2, 0.25) is 10.0 Å². The van der Waals surface area contributed by atoms with Gasteiger partial charge in [0.05, 0.1) is 22.8 Å². The van der Waals surface area contributed by atoms with Crippen LogP contribution >= 0.6 is 35.0 Å². The zero-order chi connectivity index (χ0) is 24.7. The summed E-state index contributed by atoms with van der Waals surface area (Å²) in [6.45, 7) is 0.0705. The van der Waals surface area contributed by atoms with Crippen LogP contribution in [-0.2, 0) is 11.4 Å². The number of hydrogen-bond donors (Lipinski definition) is 0. The summed E-state index contributed by atoms with van der Waals surface area (Å²) in [6, 6.07) is 15.3. The molecule has 180 valence electrons. The molecule has 2 fully saturated rings. The van der Waals surface area contributed by atoms with Crippen molar-refractivity contribution >= 4 is 52.6 Å². The molecule has 5 rings (SSSR count). The number of imide groups is 1. The van der Waals surface area contributed by atoms with Gasteiger partial charge < -0.3 is 9.47 Å². The maximum Gasteiger partial charge on any atom is 0.333 e. The number of benzene rings is 3. The number of carbonyl (C=O) groups is 2. The maximum atomic E-state index is 14.0. The Morgan fingerprint density at radius 3 is 2.57 bits per heavy atom. The van der Waals surface area contributed by atoms with Gasteiger partial charge in [-0.05, 0) is 48.0 Å². The second kappa shape index (κ2) is 9.60. The molecule has 0 saturated carbocycles. The van der Waals surface area contributed by atoms with Gasteiger partial charge in [-0.1, -0.05) is 41.4 Å². The molecule has 0 aliphatic carbocycles. The van der Waals surface area contributed by atoms with Crippen LogP contribution in [0.25, 0.3) is 0 Å². The lowest BCUT2D eigenvalue weighted by Gasteiger charge is -2.24. The van der Waals surface area contributed by atoms with E-state index in [1.54, 1.807) is 48.4 Å². The fraction of sp³-hybridized carbons (Fsp3) is 0.200. The summed E-state index contributed by atoms with van der Waals surface area (Å²) in [5.41, 5.74) is 1.88. The van der Waals surface area contributed by atoms with Crippen LogP contribution in [0.1, 0.15) is 16.5 Å². The SMILES string of the molecule is COc1ccc([C@@H]2SC[C@H]3C(=O)N(c4ccc(Cl)c(Cl)c4)C(=O)N32)cc1COc1ccccc1F. The Morgan fingerprint density at radius 2 is 1.83 bits per heavy atom. The number of amides is 3. The highest BCUT2D eigenvalue weighted by molar-refractivity contribution is 7.99. The van der Waals surface area contributed by atoms with Gasteiger partial charge in [0.1, 0.15) is 23.8 Å². The van der Waals surface area contributed by atoms with Gasteiger partial charge in [-0.15, -0.1) is 11.8 Å². The summed E-state index contributed by atoms with van der Waals surface area (Å²) in [5, 5.41) is 0.214. The Bertz CT molecular complexity index is 1320. The third kappa shape index (κ3) is 4.30. The first-order valence-electron chi connectivity index (χ1n) is 10.7. The minimum absolute atomic E-state index is 0.0705. The van der Waals surface area contributed by atoms with Crippen LogP contribution < -0.4 is 14.4 Å². The quantitative estimate of drug-likeness (QED) is 0.348. The van der Waals surface area contributed by atoms with Gasteiger partial charge in [-0.2, -0.15) is 0 Å². The number of methoxy groups -OCH3 is 1. The standard InChI is InChI=1S/C25H19Cl2FN2O4S/c1-33-21-9-6-14(10-15(21)12-34-22-5-3-2-4-19(22)28)24-30-20(13-35-24)23(31)29(25(30)32)16-7-8-17(26)18(27)11-16/h2-11,20,24H,12-13H2,1H3/t20-,24-/m0/s1. The third-order valence-electron chi connectivity index (χ3n) is 5.89. The van der Waals surface area contributed by atoms with Crippen LogP contribution in [0.15, 0.2) is 60.7 Å². The molecule has 0 spiro atoms. The van der Waals surface area contributed by atoms with Gasteiger partial charge in [0.2, 0.25) is 0 Å². The monoisotopic (exact) mass is 532 g/mol. The van der Waals surface area contributed by atoms with E-state index in [0.29, 0.717) is 27.8 Å². The van der Waals surface area contributed by atoms with Crippen molar-refractivity contribution in [2.45, 2.75) is 18.0 Å². The third-order valence-corrected chi connectivity index (χ3v) is 7.95. The number of nitrogens with zero attached hydrogens (tertiary/aromatic N) is 2. The first kappa shape index (κ1) is 23.8. The molecule has 0 bridgehead atoms. The zero-order valence-corrected chi connectivity index (χ0v) is 20.7. The number of rotatable bonds is 6. The van der Waals surface area contributed by atoms with E-state index in [1.165, 1.54) is 23.9 Å². The van der Waals surface area contributed by atoms with Gasteiger partial charge in [0, 0.05) is 11.3 Å². The van der Waals surface area contributed by atoms with Crippen LogP contribution in [0.5, 0.6) is 11.5 Å². The smallest absolute Gasteiger partial charge is 0.333 e. The van der Waals surface area contributed by atoms with E-state index in [1.807, 2.05) is 12.1 Å². The fourth-order valence-corrected chi connectivity index (χ4v) is 5.89. The number of fused-ring (bicyclic) bond motifs is 1. The topological polar surface area (TPSA) is 59.1 Å². The molecule has 2 heterocycles. The largest absolute Gasteiger partial charge is 0.496 e. The lowest BCUT2D eigenvalue weighted by molar-refractivity contribution is -0.119. The molecule has 10 heteroatoms. The van der Waals surface area contributed by atoms with Gasteiger partial charge in [0.25, 0.3) is 5.91 Å². The molecular weight excluding hydrogens is 514 g/mol. The van der Waals surface area contributed by atoms with Crippen LogP contribution in [0, 0.1) is 5.82 Å². The Morgan fingerprint density at radius 1 is 1.03 bits per heavy atom. The summed E-state index contributed by atoms with van der Waals surface area (Å²) in [6.07, 6.45) is 0. The van der Waals surface area contributed by atoms with Gasteiger partial charge in [-0.25, -0.2) is 14.1 Å². The predicted molar refractivity (Wildman–Crippen MR) is 134 cm³/mol. The molecule has 2 atom stereocenters. The molecule has 0 radical (unpaired) electrons. The Balaban J connectivity index is 1.42. The van der Waals surface area contributed by atoms with E-state index < -0.39 is 17.9 Å². The molecule has 6 nitrogen and oxygen atoms in total. The van der Waals surface area contributed by atoms with Crippen molar-refractivity contribution in [3.05, 3.63) is 87.7 Å². The van der Waals surface area contributed by atoms with E-state index in [9.17, 15) is 14.0 Å². The minimum Gasteiger partial charge on any atom is -0.496 e. The first-order valence-corrected chi connectivity index (χ1v) is 12.5. The minimum atomic E-state index is -0.591. The average Bonchev–Trinajstić information content (AvgIpc) is 3.40. The van der Waals surface area contributed by atoms with Crippen molar-refractivity contribution in [2.24, 2.45) is 0 Å². The summed E-state index contributed by atoms with van der Waals surface area (Å²) < 4.78 is 25.1. The Kier molecular flexibility index (Phi) is 6.53. The molecule has 0 unspecified atom stereocenters. The van der Waals surface area contributed by atoms with E-state index in [4.69, 9.17) is 32.7 Å². The van der Waals surface area contributed by atoms with Crippen molar-refractivity contribution in [1.29, 1.82) is 0 Å². The molecule has 35 heavy (non-hydrogen) atoms. The lowest BCUT2D eigenvalue weighted by Crippen LogP contribution is -2.33. The average molecular weight is 533 g/mol.